The van der Waals surface area contributed by atoms with Crippen LogP contribution in [0.5, 0.6) is 5.75 Å². The molecule has 1 aromatic carbocycles. The normalized spacial score (nSPS) is 12.4. The Morgan fingerprint density at radius 3 is 2.47 bits per heavy atom. The maximum Gasteiger partial charge on any atom is 0.573 e. The number of ether oxygens (including phenoxy) is 1. The number of ketones is 1. The molecule has 0 unspecified atom stereocenters. The van der Waals surface area contributed by atoms with Crippen LogP contribution >= 0.6 is 0 Å². The Hall–Kier alpha value is -1.78. The van der Waals surface area contributed by atoms with E-state index in [9.17, 15) is 18.0 Å². The lowest BCUT2D eigenvalue weighted by atomic mass is 10.1. The van der Waals surface area contributed by atoms with Crippen LogP contribution < -0.4 is 4.74 Å². The molecule has 0 radical (unpaired) electrons. The molecule has 0 amide bonds. The van der Waals surface area contributed by atoms with Crippen LogP contribution in [-0.4, -0.2) is 12.1 Å². The third-order valence-electron chi connectivity index (χ3n) is 1.94. The Morgan fingerprint density at radius 2 is 1.94 bits per heavy atom. The van der Waals surface area contributed by atoms with Gasteiger partial charge < -0.3 is 4.74 Å². The standard InChI is InChI=1S/C12H11F3O2/c1-8(6-9(2)16)10-4-3-5-11(7-10)17-12(13,14)15/h3-7H,1-2H3/b8-6+. The Morgan fingerprint density at radius 1 is 1.29 bits per heavy atom. The van der Waals surface area contributed by atoms with Gasteiger partial charge in [-0.25, -0.2) is 0 Å². The zero-order valence-corrected chi connectivity index (χ0v) is 9.34. The van der Waals surface area contributed by atoms with E-state index < -0.39 is 6.36 Å². The van der Waals surface area contributed by atoms with Gasteiger partial charge in [-0.15, -0.1) is 13.2 Å². The highest BCUT2D eigenvalue weighted by Crippen LogP contribution is 2.25. The summed E-state index contributed by atoms with van der Waals surface area (Å²) in [5, 5.41) is 0. The number of allylic oxidation sites excluding steroid dienone is 2. The summed E-state index contributed by atoms with van der Waals surface area (Å²) in [5.74, 6) is -0.462. The van der Waals surface area contributed by atoms with Gasteiger partial charge in [-0.3, -0.25) is 4.79 Å². The van der Waals surface area contributed by atoms with Crippen molar-refractivity contribution in [2.45, 2.75) is 20.2 Å². The summed E-state index contributed by atoms with van der Waals surface area (Å²) in [6.07, 6.45) is -3.36. The fraction of sp³-hybridized carbons (Fsp3) is 0.250. The molecule has 0 aliphatic heterocycles. The number of carbonyl (C=O) groups excluding carboxylic acids is 1. The van der Waals surface area contributed by atoms with Crippen molar-refractivity contribution >= 4 is 11.4 Å². The number of benzene rings is 1. The third-order valence-corrected chi connectivity index (χ3v) is 1.94. The van der Waals surface area contributed by atoms with E-state index in [1.165, 1.54) is 31.2 Å². The molecule has 0 aliphatic rings. The van der Waals surface area contributed by atoms with Crippen LogP contribution in [0.4, 0.5) is 13.2 Å². The number of rotatable bonds is 3. The highest BCUT2D eigenvalue weighted by atomic mass is 19.4. The van der Waals surface area contributed by atoms with E-state index in [2.05, 4.69) is 4.74 Å². The molecule has 5 heteroatoms. The molecule has 0 aromatic heterocycles. The molecule has 0 atom stereocenters. The fourth-order valence-corrected chi connectivity index (χ4v) is 1.33. The van der Waals surface area contributed by atoms with Crippen molar-refractivity contribution in [1.29, 1.82) is 0 Å². The molecular weight excluding hydrogens is 233 g/mol. The second-order valence-corrected chi connectivity index (χ2v) is 3.51. The molecule has 0 bridgehead atoms. The Balaban J connectivity index is 2.97. The Kier molecular flexibility index (Phi) is 3.93. The van der Waals surface area contributed by atoms with Gasteiger partial charge >= 0.3 is 6.36 Å². The third kappa shape index (κ3) is 4.72. The van der Waals surface area contributed by atoms with Crippen LogP contribution in [0, 0.1) is 0 Å². The predicted octanol–water partition coefficient (Wildman–Crippen LogP) is 3.58. The number of halogens is 3. The summed E-state index contributed by atoms with van der Waals surface area (Å²) >= 11 is 0. The summed E-state index contributed by atoms with van der Waals surface area (Å²) in [6.45, 7) is 3.02. The van der Waals surface area contributed by atoms with Crippen molar-refractivity contribution in [1.82, 2.24) is 0 Å². The number of carbonyl (C=O) groups is 1. The van der Waals surface area contributed by atoms with Crippen molar-refractivity contribution < 1.29 is 22.7 Å². The molecule has 92 valence electrons. The fourth-order valence-electron chi connectivity index (χ4n) is 1.33. The molecule has 0 heterocycles. The number of alkyl halides is 3. The van der Waals surface area contributed by atoms with E-state index in [1.807, 2.05) is 0 Å². The average molecular weight is 244 g/mol. The molecule has 0 spiro atoms. The van der Waals surface area contributed by atoms with Crippen LogP contribution in [0.2, 0.25) is 0 Å². The molecule has 0 saturated heterocycles. The average Bonchev–Trinajstić information content (AvgIpc) is 2.14. The van der Waals surface area contributed by atoms with Crippen LogP contribution in [-0.2, 0) is 4.79 Å². The van der Waals surface area contributed by atoms with Crippen molar-refractivity contribution in [3.63, 3.8) is 0 Å². The second kappa shape index (κ2) is 5.03. The van der Waals surface area contributed by atoms with E-state index in [4.69, 9.17) is 0 Å². The van der Waals surface area contributed by atoms with E-state index in [0.717, 1.165) is 0 Å². The quantitative estimate of drug-likeness (QED) is 0.759. The smallest absolute Gasteiger partial charge is 0.406 e. The minimum atomic E-state index is -4.71. The highest BCUT2D eigenvalue weighted by molar-refractivity contribution is 5.94. The van der Waals surface area contributed by atoms with Crippen LogP contribution in [0.3, 0.4) is 0 Å². The maximum atomic E-state index is 12.0. The molecule has 1 rings (SSSR count). The Labute approximate surface area is 96.7 Å². The summed E-state index contributed by atoms with van der Waals surface area (Å²) in [7, 11) is 0. The van der Waals surface area contributed by atoms with Crippen LogP contribution in [0.1, 0.15) is 19.4 Å². The molecule has 0 aliphatic carbocycles. The minimum Gasteiger partial charge on any atom is -0.406 e. The van der Waals surface area contributed by atoms with Gasteiger partial charge in [0, 0.05) is 0 Å². The topological polar surface area (TPSA) is 26.3 Å². The maximum absolute atomic E-state index is 12.0. The van der Waals surface area contributed by atoms with Crippen molar-refractivity contribution in [3.05, 3.63) is 35.9 Å². The lowest BCUT2D eigenvalue weighted by molar-refractivity contribution is -0.274. The first-order chi connectivity index (χ1) is 7.78. The Bertz CT molecular complexity index is 447. The van der Waals surface area contributed by atoms with Gasteiger partial charge in [0.15, 0.2) is 5.78 Å². The zero-order chi connectivity index (χ0) is 13.1. The first kappa shape index (κ1) is 13.3. The lowest BCUT2D eigenvalue weighted by Gasteiger charge is -2.10. The summed E-state index contributed by atoms with van der Waals surface area (Å²) in [6, 6.07) is 5.49. The van der Waals surface area contributed by atoms with Gasteiger partial charge in [0.05, 0.1) is 0 Å². The molecule has 0 N–H and O–H groups in total. The van der Waals surface area contributed by atoms with Crippen LogP contribution in [0.15, 0.2) is 30.3 Å². The molecule has 1 aromatic rings. The van der Waals surface area contributed by atoms with E-state index in [0.29, 0.717) is 11.1 Å². The largest absolute Gasteiger partial charge is 0.573 e. The van der Waals surface area contributed by atoms with E-state index >= 15 is 0 Å². The lowest BCUT2D eigenvalue weighted by Crippen LogP contribution is -2.17. The zero-order valence-electron chi connectivity index (χ0n) is 9.34. The molecular formula is C12H11F3O2. The van der Waals surface area contributed by atoms with E-state index in [1.54, 1.807) is 13.0 Å². The highest BCUT2D eigenvalue weighted by Gasteiger charge is 2.31. The van der Waals surface area contributed by atoms with Gasteiger partial charge in [-0.2, -0.15) is 0 Å². The summed E-state index contributed by atoms with van der Waals surface area (Å²) < 4.78 is 39.8. The van der Waals surface area contributed by atoms with Gasteiger partial charge in [0.25, 0.3) is 0 Å². The van der Waals surface area contributed by atoms with Crippen molar-refractivity contribution in [3.8, 4) is 5.75 Å². The first-order valence-corrected chi connectivity index (χ1v) is 4.83. The molecule has 0 fully saturated rings. The van der Waals surface area contributed by atoms with E-state index in [-0.39, 0.29) is 11.5 Å². The SMILES string of the molecule is CC(=O)/C=C(\C)c1cccc(OC(F)(F)F)c1. The predicted molar refractivity (Wildman–Crippen MR) is 57.5 cm³/mol. The summed E-state index contributed by atoms with van der Waals surface area (Å²) in [5.41, 5.74) is 1.10. The number of hydrogen-bond donors (Lipinski definition) is 0. The van der Waals surface area contributed by atoms with Crippen molar-refractivity contribution in [2.24, 2.45) is 0 Å². The molecule has 0 saturated carbocycles. The minimum absolute atomic E-state index is 0.162. The van der Waals surface area contributed by atoms with Gasteiger partial charge in [0.2, 0.25) is 0 Å². The monoisotopic (exact) mass is 244 g/mol. The van der Waals surface area contributed by atoms with Crippen molar-refractivity contribution in [2.75, 3.05) is 0 Å². The van der Waals surface area contributed by atoms with Gasteiger partial charge in [0.1, 0.15) is 5.75 Å². The van der Waals surface area contributed by atoms with Gasteiger partial charge in [-0.05, 0) is 43.2 Å². The first-order valence-electron chi connectivity index (χ1n) is 4.83. The number of hydrogen-bond acceptors (Lipinski definition) is 2. The summed E-state index contributed by atoms with van der Waals surface area (Å²) in [4.78, 5) is 10.9. The molecule has 2 nitrogen and oxygen atoms in total. The van der Waals surface area contributed by atoms with Gasteiger partial charge in [-0.1, -0.05) is 12.1 Å². The molecule has 17 heavy (non-hydrogen) atoms. The second-order valence-electron chi connectivity index (χ2n) is 3.51. The van der Waals surface area contributed by atoms with Crippen LogP contribution in [0.25, 0.3) is 5.57 Å².